The Morgan fingerprint density at radius 1 is 0.733 bits per heavy atom. The SMILES string of the molecule is Cc1ccc(C(=O)NCCN(CCN)CCNC(=O)c2ccc(C)c(C)c2)cc1C. The number of rotatable bonds is 10. The summed E-state index contributed by atoms with van der Waals surface area (Å²) in [7, 11) is 0. The summed E-state index contributed by atoms with van der Waals surface area (Å²) < 4.78 is 0. The maximum absolute atomic E-state index is 12.3. The Balaban J connectivity index is 1.78. The van der Waals surface area contributed by atoms with Gasteiger partial charge in [0.1, 0.15) is 0 Å². The van der Waals surface area contributed by atoms with E-state index in [0.717, 1.165) is 11.1 Å². The molecule has 0 aliphatic heterocycles. The van der Waals surface area contributed by atoms with Gasteiger partial charge in [-0.2, -0.15) is 0 Å². The maximum Gasteiger partial charge on any atom is 0.251 e. The Hall–Kier alpha value is -2.70. The first-order chi connectivity index (χ1) is 14.3. The molecule has 0 unspecified atom stereocenters. The second-order valence-electron chi connectivity index (χ2n) is 7.74. The van der Waals surface area contributed by atoms with Gasteiger partial charge in [0.15, 0.2) is 0 Å². The highest BCUT2D eigenvalue weighted by Crippen LogP contribution is 2.10. The summed E-state index contributed by atoms with van der Waals surface area (Å²) in [6.45, 7) is 11.7. The summed E-state index contributed by atoms with van der Waals surface area (Å²) in [5, 5.41) is 5.92. The Kier molecular flexibility index (Phi) is 9.02. The van der Waals surface area contributed by atoms with E-state index in [1.54, 1.807) is 0 Å². The predicted octanol–water partition coefficient (Wildman–Crippen LogP) is 2.34. The number of nitrogens with zero attached hydrogens (tertiary/aromatic N) is 1. The van der Waals surface area contributed by atoms with Crippen LogP contribution in [0.2, 0.25) is 0 Å². The van der Waals surface area contributed by atoms with Gasteiger partial charge in [-0.3, -0.25) is 14.5 Å². The monoisotopic (exact) mass is 410 g/mol. The van der Waals surface area contributed by atoms with Gasteiger partial charge in [-0.15, -0.1) is 0 Å². The molecule has 0 bridgehead atoms. The van der Waals surface area contributed by atoms with Crippen molar-refractivity contribution in [3.8, 4) is 0 Å². The molecule has 2 aromatic rings. The molecule has 0 fully saturated rings. The Morgan fingerprint density at radius 2 is 1.17 bits per heavy atom. The predicted molar refractivity (Wildman–Crippen MR) is 122 cm³/mol. The Morgan fingerprint density at radius 3 is 1.53 bits per heavy atom. The first-order valence-electron chi connectivity index (χ1n) is 10.4. The van der Waals surface area contributed by atoms with E-state index in [1.165, 1.54) is 11.1 Å². The van der Waals surface area contributed by atoms with E-state index in [0.29, 0.717) is 50.4 Å². The second kappa shape index (κ2) is 11.5. The third-order valence-corrected chi connectivity index (χ3v) is 5.41. The fraction of sp³-hybridized carbons (Fsp3) is 0.417. The van der Waals surface area contributed by atoms with Gasteiger partial charge in [0, 0.05) is 50.4 Å². The van der Waals surface area contributed by atoms with Crippen LogP contribution in [0.25, 0.3) is 0 Å². The minimum atomic E-state index is -0.0751. The van der Waals surface area contributed by atoms with E-state index >= 15 is 0 Å². The van der Waals surface area contributed by atoms with Crippen molar-refractivity contribution in [2.45, 2.75) is 27.7 Å². The molecule has 4 N–H and O–H groups in total. The number of carbonyl (C=O) groups is 2. The summed E-state index contributed by atoms with van der Waals surface area (Å²) in [6, 6.07) is 11.4. The van der Waals surface area contributed by atoms with Crippen molar-refractivity contribution in [3.05, 3.63) is 69.8 Å². The van der Waals surface area contributed by atoms with Crippen molar-refractivity contribution in [1.29, 1.82) is 0 Å². The highest BCUT2D eigenvalue weighted by Gasteiger charge is 2.10. The molecule has 2 rings (SSSR count). The van der Waals surface area contributed by atoms with Crippen molar-refractivity contribution in [2.24, 2.45) is 5.73 Å². The molecule has 30 heavy (non-hydrogen) atoms. The zero-order valence-corrected chi connectivity index (χ0v) is 18.5. The fourth-order valence-electron chi connectivity index (χ4n) is 3.14. The number of benzene rings is 2. The van der Waals surface area contributed by atoms with E-state index in [-0.39, 0.29) is 11.8 Å². The number of nitrogens with one attached hydrogen (secondary N) is 2. The fourth-order valence-corrected chi connectivity index (χ4v) is 3.14. The van der Waals surface area contributed by atoms with E-state index in [2.05, 4.69) is 15.5 Å². The van der Waals surface area contributed by atoms with Gasteiger partial charge in [0.2, 0.25) is 0 Å². The minimum Gasteiger partial charge on any atom is -0.351 e. The lowest BCUT2D eigenvalue weighted by Crippen LogP contribution is -2.41. The van der Waals surface area contributed by atoms with E-state index in [4.69, 9.17) is 5.73 Å². The molecule has 6 heteroatoms. The molecule has 0 aromatic heterocycles. The third kappa shape index (κ3) is 6.97. The topological polar surface area (TPSA) is 87.5 Å². The van der Waals surface area contributed by atoms with Crippen LogP contribution in [-0.4, -0.2) is 56.0 Å². The van der Waals surface area contributed by atoms with Crippen LogP contribution in [0.15, 0.2) is 36.4 Å². The minimum absolute atomic E-state index is 0.0751. The molecular formula is C24H34N4O2. The van der Waals surface area contributed by atoms with Gasteiger partial charge in [-0.25, -0.2) is 0 Å². The molecule has 0 radical (unpaired) electrons. The molecular weight excluding hydrogens is 376 g/mol. The molecule has 0 spiro atoms. The van der Waals surface area contributed by atoms with Crippen LogP contribution < -0.4 is 16.4 Å². The number of aryl methyl sites for hydroxylation is 4. The van der Waals surface area contributed by atoms with Crippen LogP contribution in [0.1, 0.15) is 43.0 Å². The number of nitrogens with two attached hydrogens (primary N) is 1. The number of carbonyl (C=O) groups excluding carboxylic acids is 2. The van der Waals surface area contributed by atoms with Gasteiger partial charge >= 0.3 is 0 Å². The van der Waals surface area contributed by atoms with Crippen LogP contribution >= 0.6 is 0 Å². The van der Waals surface area contributed by atoms with Crippen LogP contribution in [0.5, 0.6) is 0 Å². The summed E-state index contributed by atoms with van der Waals surface area (Å²) in [6.07, 6.45) is 0. The molecule has 0 atom stereocenters. The van der Waals surface area contributed by atoms with Gasteiger partial charge in [0.05, 0.1) is 0 Å². The highest BCUT2D eigenvalue weighted by atomic mass is 16.2. The normalized spacial score (nSPS) is 10.9. The van der Waals surface area contributed by atoms with Crippen molar-refractivity contribution in [2.75, 3.05) is 39.3 Å². The largest absolute Gasteiger partial charge is 0.351 e. The first-order valence-corrected chi connectivity index (χ1v) is 10.4. The molecule has 0 saturated carbocycles. The molecule has 6 nitrogen and oxygen atoms in total. The van der Waals surface area contributed by atoms with Gasteiger partial charge in [0.25, 0.3) is 11.8 Å². The van der Waals surface area contributed by atoms with E-state index < -0.39 is 0 Å². The maximum atomic E-state index is 12.3. The van der Waals surface area contributed by atoms with Gasteiger partial charge in [-0.1, -0.05) is 12.1 Å². The van der Waals surface area contributed by atoms with Crippen LogP contribution in [0.3, 0.4) is 0 Å². The van der Waals surface area contributed by atoms with Crippen molar-refractivity contribution in [3.63, 3.8) is 0 Å². The zero-order chi connectivity index (χ0) is 22.1. The molecule has 0 heterocycles. The van der Waals surface area contributed by atoms with Gasteiger partial charge in [-0.05, 0) is 74.2 Å². The van der Waals surface area contributed by atoms with Crippen LogP contribution in [0, 0.1) is 27.7 Å². The lowest BCUT2D eigenvalue weighted by Gasteiger charge is -2.22. The van der Waals surface area contributed by atoms with E-state index in [9.17, 15) is 9.59 Å². The highest BCUT2D eigenvalue weighted by molar-refractivity contribution is 5.95. The lowest BCUT2D eigenvalue weighted by atomic mass is 10.1. The molecule has 0 aliphatic rings. The standard InChI is InChI=1S/C24H34N4O2/c1-17-5-7-21(15-19(17)3)23(29)26-10-13-28(12-9-25)14-11-27-24(30)22-8-6-18(2)20(4)16-22/h5-8,15-16H,9-14,25H2,1-4H3,(H,26,29)(H,27,30). The van der Waals surface area contributed by atoms with Crippen LogP contribution in [0.4, 0.5) is 0 Å². The van der Waals surface area contributed by atoms with Crippen molar-refractivity contribution < 1.29 is 9.59 Å². The number of hydrogen-bond donors (Lipinski definition) is 3. The zero-order valence-electron chi connectivity index (χ0n) is 18.5. The lowest BCUT2D eigenvalue weighted by molar-refractivity contribution is 0.0948. The van der Waals surface area contributed by atoms with Crippen molar-refractivity contribution in [1.82, 2.24) is 15.5 Å². The summed E-state index contributed by atoms with van der Waals surface area (Å²) in [5.41, 5.74) is 11.6. The molecule has 2 aromatic carbocycles. The van der Waals surface area contributed by atoms with Gasteiger partial charge < -0.3 is 16.4 Å². The summed E-state index contributed by atoms with van der Waals surface area (Å²) in [5.74, 6) is -0.150. The Bertz CT molecular complexity index is 810. The average Bonchev–Trinajstić information content (AvgIpc) is 2.71. The van der Waals surface area contributed by atoms with E-state index in [1.807, 2.05) is 64.1 Å². The molecule has 0 aliphatic carbocycles. The third-order valence-electron chi connectivity index (χ3n) is 5.41. The Labute approximate surface area is 179 Å². The molecule has 0 saturated heterocycles. The second-order valence-corrected chi connectivity index (χ2v) is 7.74. The average molecular weight is 411 g/mol. The van der Waals surface area contributed by atoms with Crippen LogP contribution in [-0.2, 0) is 0 Å². The quantitative estimate of drug-likeness (QED) is 0.561. The molecule has 162 valence electrons. The number of hydrogen-bond acceptors (Lipinski definition) is 4. The summed E-state index contributed by atoms with van der Waals surface area (Å²) >= 11 is 0. The smallest absolute Gasteiger partial charge is 0.251 e. The first kappa shape index (κ1) is 23.6. The molecule has 2 amide bonds. The number of amides is 2. The summed E-state index contributed by atoms with van der Waals surface area (Å²) in [4.78, 5) is 26.8. The van der Waals surface area contributed by atoms with Crippen molar-refractivity contribution >= 4 is 11.8 Å².